The number of ether oxygens (including phenoxy) is 1. The molecule has 1 aliphatic carbocycles. The van der Waals surface area contributed by atoms with Gasteiger partial charge in [0, 0.05) is 29.2 Å². The van der Waals surface area contributed by atoms with Gasteiger partial charge in [-0.2, -0.15) is 0 Å². The smallest absolute Gasteiger partial charge is 0.192 e. The Balaban J connectivity index is 1.69. The number of carbonyl (C=O) groups excluding carboxylic acids is 3. The Bertz CT molecular complexity index is 1140. The van der Waals surface area contributed by atoms with Gasteiger partial charge in [-0.1, -0.05) is 24.3 Å². The first-order valence-corrected chi connectivity index (χ1v) is 10.1. The third-order valence-electron chi connectivity index (χ3n) is 6.60. The van der Waals surface area contributed by atoms with Crippen molar-refractivity contribution in [2.75, 3.05) is 20.7 Å². The summed E-state index contributed by atoms with van der Waals surface area (Å²) >= 11 is 0. The van der Waals surface area contributed by atoms with Gasteiger partial charge < -0.3 is 9.15 Å². The molecule has 2 atom stereocenters. The topological polar surface area (TPSA) is 76.8 Å². The minimum Gasteiger partial charge on any atom is -0.497 e. The molecule has 1 spiro atoms. The van der Waals surface area contributed by atoms with E-state index in [-0.39, 0.29) is 17.3 Å². The van der Waals surface area contributed by atoms with E-state index in [4.69, 9.17) is 9.15 Å². The molecule has 0 saturated carbocycles. The van der Waals surface area contributed by atoms with Crippen LogP contribution in [0.25, 0.3) is 0 Å². The molecule has 6 nitrogen and oxygen atoms in total. The summed E-state index contributed by atoms with van der Waals surface area (Å²) in [5, 5.41) is 0. The fraction of sp³-hybridized carbons (Fsp3) is 0.240. The van der Waals surface area contributed by atoms with E-state index in [0.29, 0.717) is 34.7 Å². The van der Waals surface area contributed by atoms with Crippen LogP contribution in [0.2, 0.25) is 0 Å². The number of carbonyl (C=O) groups is 3. The van der Waals surface area contributed by atoms with Crippen LogP contribution in [0.5, 0.6) is 5.75 Å². The Morgan fingerprint density at radius 3 is 2.19 bits per heavy atom. The van der Waals surface area contributed by atoms with Crippen LogP contribution >= 0.6 is 0 Å². The van der Waals surface area contributed by atoms with Gasteiger partial charge in [0.05, 0.1) is 19.3 Å². The van der Waals surface area contributed by atoms with Crippen molar-refractivity contribution >= 4 is 17.3 Å². The average Bonchev–Trinajstić information content (AvgIpc) is 3.49. The standard InChI is InChI=1S/C25H21NO5/c1-26-14-19(20-8-5-13-31-20)21(22(27)15-9-11-16(30-2)12-10-15)25(26)23(28)17-6-3-4-7-18(17)24(25)29/h3-13,19,21H,14H2,1-2H3/t19-,21+/m1/s1. The highest BCUT2D eigenvalue weighted by Gasteiger charge is 2.68. The molecule has 1 fully saturated rings. The van der Waals surface area contributed by atoms with Gasteiger partial charge in [-0.3, -0.25) is 19.3 Å². The zero-order valence-corrected chi connectivity index (χ0v) is 17.2. The van der Waals surface area contributed by atoms with Gasteiger partial charge in [-0.25, -0.2) is 0 Å². The summed E-state index contributed by atoms with van der Waals surface area (Å²) in [6.45, 7) is 0.353. The lowest BCUT2D eigenvalue weighted by Crippen LogP contribution is -2.57. The van der Waals surface area contributed by atoms with Crippen LogP contribution in [0.4, 0.5) is 0 Å². The third-order valence-corrected chi connectivity index (χ3v) is 6.60. The number of rotatable bonds is 4. The lowest BCUT2D eigenvalue weighted by atomic mass is 9.71. The highest BCUT2D eigenvalue weighted by molar-refractivity contribution is 6.35. The van der Waals surface area contributed by atoms with Crippen molar-refractivity contribution in [1.82, 2.24) is 4.90 Å². The lowest BCUT2D eigenvalue weighted by molar-refractivity contribution is 0.0514. The summed E-state index contributed by atoms with van der Waals surface area (Å²) in [6, 6.07) is 17.1. The molecule has 6 heteroatoms. The molecule has 0 N–H and O–H groups in total. The van der Waals surface area contributed by atoms with Crippen molar-refractivity contribution in [1.29, 1.82) is 0 Å². The Morgan fingerprint density at radius 1 is 1.00 bits per heavy atom. The molecule has 1 aliphatic heterocycles. The number of fused-ring (bicyclic) bond motifs is 1. The van der Waals surface area contributed by atoms with Crippen LogP contribution in [-0.2, 0) is 0 Å². The minimum atomic E-state index is -1.59. The van der Waals surface area contributed by atoms with E-state index in [9.17, 15) is 14.4 Å². The number of furan rings is 1. The zero-order chi connectivity index (χ0) is 21.8. The van der Waals surface area contributed by atoms with Crippen molar-refractivity contribution < 1.29 is 23.5 Å². The van der Waals surface area contributed by atoms with Crippen molar-refractivity contribution in [2.45, 2.75) is 11.5 Å². The average molecular weight is 415 g/mol. The second-order valence-electron chi connectivity index (χ2n) is 8.04. The molecule has 2 heterocycles. The van der Waals surface area contributed by atoms with E-state index in [1.54, 1.807) is 86.0 Å². The van der Waals surface area contributed by atoms with Crippen molar-refractivity contribution in [2.24, 2.45) is 5.92 Å². The molecule has 0 bridgehead atoms. The first-order chi connectivity index (χ1) is 15.0. The second-order valence-corrected chi connectivity index (χ2v) is 8.04. The van der Waals surface area contributed by atoms with Crippen LogP contribution in [0.3, 0.4) is 0 Å². The summed E-state index contributed by atoms with van der Waals surface area (Å²) in [6.07, 6.45) is 1.54. The van der Waals surface area contributed by atoms with Gasteiger partial charge in [0.2, 0.25) is 0 Å². The molecule has 31 heavy (non-hydrogen) atoms. The fourth-order valence-corrected chi connectivity index (χ4v) is 5.16. The predicted octanol–water partition coefficient (Wildman–Crippen LogP) is 3.63. The number of benzene rings is 2. The van der Waals surface area contributed by atoms with E-state index < -0.39 is 17.4 Å². The minimum absolute atomic E-state index is 0.261. The fourth-order valence-electron chi connectivity index (χ4n) is 5.16. The maximum atomic E-state index is 13.9. The summed E-state index contributed by atoms with van der Waals surface area (Å²) in [4.78, 5) is 43.1. The molecule has 3 aromatic rings. The van der Waals surface area contributed by atoms with E-state index in [1.807, 2.05) is 0 Å². The Hall–Kier alpha value is -3.51. The second kappa shape index (κ2) is 7.03. The summed E-state index contributed by atoms with van der Waals surface area (Å²) < 4.78 is 10.8. The third kappa shape index (κ3) is 2.58. The summed E-state index contributed by atoms with van der Waals surface area (Å²) in [7, 11) is 3.29. The van der Waals surface area contributed by atoms with Crippen molar-refractivity contribution in [3.05, 3.63) is 89.4 Å². The first-order valence-electron chi connectivity index (χ1n) is 10.1. The molecular formula is C25H21NO5. The van der Waals surface area contributed by atoms with Gasteiger partial charge in [0.15, 0.2) is 22.9 Å². The number of hydrogen-bond acceptors (Lipinski definition) is 6. The molecule has 2 aromatic carbocycles. The monoisotopic (exact) mass is 415 g/mol. The molecule has 0 unspecified atom stereocenters. The number of methoxy groups -OCH3 is 1. The first kappa shape index (κ1) is 19.5. The van der Waals surface area contributed by atoms with Gasteiger partial charge in [0.1, 0.15) is 11.5 Å². The predicted molar refractivity (Wildman–Crippen MR) is 113 cm³/mol. The van der Waals surface area contributed by atoms with Crippen LogP contribution in [0.1, 0.15) is 42.8 Å². The van der Waals surface area contributed by atoms with E-state index in [1.165, 1.54) is 0 Å². The molecule has 0 radical (unpaired) electrons. The van der Waals surface area contributed by atoms with Crippen LogP contribution in [-0.4, -0.2) is 48.5 Å². The van der Waals surface area contributed by atoms with Gasteiger partial charge in [-0.05, 0) is 43.4 Å². The number of Topliss-reactive ketones (excluding diaryl/α,β-unsaturated/α-hetero) is 3. The van der Waals surface area contributed by atoms with Gasteiger partial charge >= 0.3 is 0 Å². The quantitative estimate of drug-likeness (QED) is 0.478. The molecule has 5 rings (SSSR count). The Morgan fingerprint density at radius 2 is 1.65 bits per heavy atom. The van der Waals surface area contributed by atoms with Gasteiger partial charge in [0.25, 0.3) is 0 Å². The molecule has 156 valence electrons. The largest absolute Gasteiger partial charge is 0.497 e. The molecular weight excluding hydrogens is 394 g/mol. The van der Waals surface area contributed by atoms with Gasteiger partial charge in [-0.15, -0.1) is 0 Å². The highest BCUT2D eigenvalue weighted by Crippen LogP contribution is 2.51. The Labute approximate surface area is 179 Å². The summed E-state index contributed by atoms with van der Waals surface area (Å²) in [5.74, 6) is -1.04. The molecule has 0 amide bonds. The van der Waals surface area contributed by atoms with E-state index >= 15 is 0 Å². The normalized spacial score (nSPS) is 22.1. The maximum absolute atomic E-state index is 13.9. The van der Waals surface area contributed by atoms with Crippen molar-refractivity contribution in [3.8, 4) is 5.75 Å². The van der Waals surface area contributed by atoms with Crippen LogP contribution in [0, 0.1) is 5.92 Å². The number of likely N-dealkylation sites (N-methyl/N-ethyl adjacent to an activating group) is 1. The zero-order valence-electron chi connectivity index (χ0n) is 17.2. The van der Waals surface area contributed by atoms with Crippen LogP contribution < -0.4 is 4.74 Å². The summed E-state index contributed by atoms with van der Waals surface area (Å²) in [5.41, 5.74) is -0.425. The van der Waals surface area contributed by atoms with E-state index in [0.717, 1.165) is 0 Å². The van der Waals surface area contributed by atoms with Crippen LogP contribution in [0.15, 0.2) is 71.3 Å². The highest BCUT2D eigenvalue weighted by atomic mass is 16.5. The molecule has 1 aromatic heterocycles. The number of nitrogens with zero attached hydrogens (tertiary/aromatic N) is 1. The van der Waals surface area contributed by atoms with E-state index in [2.05, 4.69) is 0 Å². The number of hydrogen-bond donors (Lipinski definition) is 0. The lowest BCUT2D eigenvalue weighted by Gasteiger charge is -2.33. The Kier molecular flexibility index (Phi) is 4.41. The number of likely N-dealkylation sites (tertiary alicyclic amines) is 1. The van der Waals surface area contributed by atoms with Crippen molar-refractivity contribution in [3.63, 3.8) is 0 Å². The molecule has 2 aliphatic rings. The SMILES string of the molecule is COc1ccc(C(=O)[C@@H]2[C@@H](c3ccco3)CN(C)C23C(=O)c2ccccc2C3=O)cc1. The maximum Gasteiger partial charge on any atom is 0.192 e. The number of ketones is 3. The molecule has 1 saturated heterocycles.